The predicted molar refractivity (Wildman–Crippen MR) is 94.0 cm³/mol. The molecule has 2 aromatic rings. The molecule has 0 aromatic heterocycles. The molecule has 2 unspecified atom stereocenters. The molecule has 4 nitrogen and oxygen atoms in total. The van der Waals surface area contributed by atoms with E-state index in [9.17, 15) is 27.2 Å². The summed E-state index contributed by atoms with van der Waals surface area (Å²) in [6.45, 7) is 0.300. The molecule has 148 valence electrons. The number of rotatable bonds is 6. The summed E-state index contributed by atoms with van der Waals surface area (Å²) in [7, 11) is 0. The van der Waals surface area contributed by atoms with Crippen LogP contribution in [0.4, 0.5) is 17.6 Å². The van der Waals surface area contributed by atoms with Crippen molar-refractivity contribution in [3.05, 3.63) is 71.0 Å². The molecule has 2 atom stereocenters. The third-order valence-electron chi connectivity index (χ3n) is 4.62. The summed E-state index contributed by atoms with van der Waals surface area (Å²) in [6.07, 6.45) is -3.88. The lowest BCUT2D eigenvalue weighted by molar-refractivity contribution is -0.137. The molecule has 0 radical (unpaired) electrons. The van der Waals surface area contributed by atoms with Crippen LogP contribution >= 0.6 is 0 Å². The van der Waals surface area contributed by atoms with E-state index in [1.807, 2.05) is 0 Å². The minimum absolute atomic E-state index is 0.0983. The number of hydrogen-bond acceptors (Lipinski definition) is 2. The van der Waals surface area contributed by atoms with Gasteiger partial charge in [0.25, 0.3) is 5.91 Å². The van der Waals surface area contributed by atoms with E-state index < -0.39 is 17.6 Å². The minimum atomic E-state index is -4.46. The first-order chi connectivity index (χ1) is 13.3. The van der Waals surface area contributed by atoms with Crippen LogP contribution in [-0.2, 0) is 11.0 Å². The zero-order valence-corrected chi connectivity index (χ0v) is 14.7. The Hall–Kier alpha value is -2.90. The summed E-state index contributed by atoms with van der Waals surface area (Å²) in [5, 5.41) is 5.20. The molecule has 0 aliphatic heterocycles. The van der Waals surface area contributed by atoms with Gasteiger partial charge in [0, 0.05) is 24.6 Å². The molecule has 28 heavy (non-hydrogen) atoms. The van der Waals surface area contributed by atoms with E-state index in [1.165, 1.54) is 6.07 Å². The van der Waals surface area contributed by atoms with Crippen LogP contribution in [0.15, 0.2) is 48.5 Å². The van der Waals surface area contributed by atoms with Crippen molar-refractivity contribution in [1.82, 2.24) is 10.6 Å². The van der Waals surface area contributed by atoms with Crippen LogP contribution in [0.1, 0.15) is 33.8 Å². The maximum atomic E-state index is 13.7. The monoisotopic (exact) mass is 394 g/mol. The number of benzene rings is 2. The van der Waals surface area contributed by atoms with Crippen LogP contribution in [0.3, 0.4) is 0 Å². The van der Waals surface area contributed by atoms with Gasteiger partial charge < -0.3 is 10.6 Å². The summed E-state index contributed by atoms with van der Waals surface area (Å²) in [5.41, 5.74) is -0.204. The summed E-state index contributed by atoms with van der Waals surface area (Å²) in [5.74, 6) is -1.49. The highest BCUT2D eigenvalue weighted by Crippen LogP contribution is 2.48. The SMILES string of the molecule is O=C(NCCNC(=O)C1CC1c1ccccc1F)c1ccc(C(F)(F)F)cc1. The van der Waals surface area contributed by atoms with E-state index in [0.717, 1.165) is 24.3 Å². The summed E-state index contributed by atoms with van der Waals surface area (Å²) >= 11 is 0. The van der Waals surface area contributed by atoms with Crippen molar-refractivity contribution in [3.8, 4) is 0 Å². The summed E-state index contributed by atoms with van der Waals surface area (Å²) < 4.78 is 51.3. The number of carbonyl (C=O) groups is 2. The fourth-order valence-electron chi connectivity index (χ4n) is 3.01. The molecule has 8 heteroatoms. The lowest BCUT2D eigenvalue weighted by atomic mass is 10.1. The van der Waals surface area contributed by atoms with Gasteiger partial charge in [-0.25, -0.2) is 4.39 Å². The lowest BCUT2D eigenvalue weighted by Crippen LogP contribution is -2.35. The average molecular weight is 394 g/mol. The normalized spacial score (nSPS) is 18.4. The van der Waals surface area contributed by atoms with Crippen molar-refractivity contribution in [2.45, 2.75) is 18.5 Å². The van der Waals surface area contributed by atoms with Crippen LogP contribution in [-0.4, -0.2) is 24.9 Å². The van der Waals surface area contributed by atoms with Gasteiger partial charge in [-0.05, 0) is 48.2 Å². The Morgan fingerprint density at radius 1 is 0.964 bits per heavy atom. The first-order valence-corrected chi connectivity index (χ1v) is 8.75. The van der Waals surface area contributed by atoms with E-state index in [1.54, 1.807) is 18.2 Å². The number of amides is 2. The van der Waals surface area contributed by atoms with Gasteiger partial charge in [-0.2, -0.15) is 13.2 Å². The maximum Gasteiger partial charge on any atom is 0.416 e. The molecule has 0 saturated heterocycles. The number of nitrogens with one attached hydrogen (secondary N) is 2. The lowest BCUT2D eigenvalue weighted by Gasteiger charge is -2.09. The van der Waals surface area contributed by atoms with Crippen molar-refractivity contribution in [2.75, 3.05) is 13.1 Å². The second-order valence-corrected chi connectivity index (χ2v) is 6.59. The topological polar surface area (TPSA) is 58.2 Å². The van der Waals surface area contributed by atoms with Crippen molar-refractivity contribution in [2.24, 2.45) is 5.92 Å². The highest BCUT2D eigenvalue weighted by molar-refractivity contribution is 5.94. The minimum Gasteiger partial charge on any atom is -0.354 e. The molecule has 2 N–H and O–H groups in total. The smallest absolute Gasteiger partial charge is 0.354 e. The Labute approximate surface area is 158 Å². The van der Waals surface area contributed by atoms with Crippen molar-refractivity contribution in [3.63, 3.8) is 0 Å². The molecule has 1 saturated carbocycles. The van der Waals surface area contributed by atoms with Crippen LogP contribution in [0.5, 0.6) is 0 Å². The van der Waals surface area contributed by atoms with Gasteiger partial charge in [-0.1, -0.05) is 18.2 Å². The van der Waals surface area contributed by atoms with Crippen LogP contribution < -0.4 is 10.6 Å². The molecule has 0 heterocycles. The van der Waals surface area contributed by atoms with E-state index >= 15 is 0 Å². The van der Waals surface area contributed by atoms with Gasteiger partial charge in [0.05, 0.1) is 5.56 Å². The fourth-order valence-corrected chi connectivity index (χ4v) is 3.01. The standard InChI is InChI=1S/C20H18F4N2O2/c21-17-4-2-1-3-14(17)15-11-16(15)19(28)26-10-9-25-18(27)12-5-7-13(8-6-12)20(22,23)24/h1-8,15-16H,9-11H2,(H,25,27)(H,26,28). The third-order valence-corrected chi connectivity index (χ3v) is 4.62. The highest BCUT2D eigenvalue weighted by Gasteiger charge is 2.44. The molecule has 0 bridgehead atoms. The van der Waals surface area contributed by atoms with Gasteiger partial charge in [0.15, 0.2) is 0 Å². The second kappa shape index (κ2) is 8.00. The largest absolute Gasteiger partial charge is 0.416 e. The van der Waals surface area contributed by atoms with Crippen LogP contribution in [0.25, 0.3) is 0 Å². The molecule has 1 fully saturated rings. The molecule has 3 rings (SSSR count). The Morgan fingerprint density at radius 3 is 2.25 bits per heavy atom. The predicted octanol–water partition coefficient (Wildman–Crippen LogP) is 3.49. The van der Waals surface area contributed by atoms with E-state index in [-0.39, 0.29) is 42.2 Å². The second-order valence-electron chi connectivity index (χ2n) is 6.59. The average Bonchev–Trinajstić information content (AvgIpc) is 3.45. The Balaban J connectivity index is 1.41. The summed E-state index contributed by atoms with van der Waals surface area (Å²) in [6, 6.07) is 10.2. The number of carbonyl (C=O) groups excluding carboxylic acids is 2. The first-order valence-electron chi connectivity index (χ1n) is 8.75. The van der Waals surface area contributed by atoms with Gasteiger partial charge in [0.1, 0.15) is 5.82 Å². The van der Waals surface area contributed by atoms with Crippen LogP contribution in [0.2, 0.25) is 0 Å². The fraction of sp³-hybridized carbons (Fsp3) is 0.300. The Bertz CT molecular complexity index is 865. The van der Waals surface area contributed by atoms with Crippen molar-refractivity contribution < 1.29 is 27.2 Å². The maximum absolute atomic E-state index is 13.7. The Kier molecular flexibility index (Phi) is 5.67. The molecular weight excluding hydrogens is 376 g/mol. The zero-order chi connectivity index (χ0) is 20.3. The number of alkyl halides is 3. The number of hydrogen-bond donors (Lipinski definition) is 2. The third kappa shape index (κ3) is 4.68. The number of halogens is 4. The van der Waals surface area contributed by atoms with Gasteiger partial charge in [-0.3, -0.25) is 9.59 Å². The van der Waals surface area contributed by atoms with Crippen molar-refractivity contribution in [1.29, 1.82) is 0 Å². The molecule has 2 amide bonds. The molecule has 1 aliphatic carbocycles. The highest BCUT2D eigenvalue weighted by atomic mass is 19.4. The van der Waals surface area contributed by atoms with E-state index in [2.05, 4.69) is 10.6 Å². The van der Waals surface area contributed by atoms with Gasteiger partial charge in [0.2, 0.25) is 5.91 Å². The summed E-state index contributed by atoms with van der Waals surface area (Å²) in [4.78, 5) is 24.0. The van der Waals surface area contributed by atoms with Crippen LogP contribution in [0, 0.1) is 11.7 Å². The molecular formula is C20H18F4N2O2. The van der Waals surface area contributed by atoms with Gasteiger partial charge >= 0.3 is 6.18 Å². The Morgan fingerprint density at radius 2 is 1.61 bits per heavy atom. The van der Waals surface area contributed by atoms with E-state index in [0.29, 0.717) is 12.0 Å². The molecule has 1 aliphatic rings. The molecule has 0 spiro atoms. The molecule has 2 aromatic carbocycles. The zero-order valence-electron chi connectivity index (χ0n) is 14.7. The van der Waals surface area contributed by atoms with Crippen molar-refractivity contribution >= 4 is 11.8 Å². The van der Waals surface area contributed by atoms with Gasteiger partial charge in [-0.15, -0.1) is 0 Å². The van der Waals surface area contributed by atoms with E-state index in [4.69, 9.17) is 0 Å². The quantitative estimate of drug-likeness (QED) is 0.582. The first kappa shape index (κ1) is 19.9.